The molecule has 0 heterocycles. The molecule has 0 fully saturated rings. The van der Waals surface area contributed by atoms with Gasteiger partial charge in [0.25, 0.3) is 5.91 Å². The van der Waals surface area contributed by atoms with E-state index in [0.29, 0.717) is 22.2 Å². The van der Waals surface area contributed by atoms with Crippen LogP contribution in [0.15, 0.2) is 30.3 Å². The Morgan fingerprint density at radius 3 is 2.42 bits per heavy atom. The summed E-state index contributed by atoms with van der Waals surface area (Å²) in [6.45, 7) is 3.82. The zero-order valence-electron chi connectivity index (χ0n) is 14.8. The molecule has 0 saturated heterocycles. The number of phenols is 1. The fourth-order valence-electron chi connectivity index (χ4n) is 2.50. The number of hydrogen-bond acceptors (Lipinski definition) is 4. The summed E-state index contributed by atoms with van der Waals surface area (Å²) < 4.78 is 5.36. The van der Waals surface area contributed by atoms with Crippen molar-refractivity contribution in [2.45, 2.75) is 26.2 Å². The molecule has 0 radical (unpaired) electrons. The molecule has 0 bridgehead atoms. The summed E-state index contributed by atoms with van der Waals surface area (Å²) in [5.41, 5.74) is 4.77. The lowest BCUT2D eigenvalue weighted by molar-refractivity contribution is -0.133. The Morgan fingerprint density at radius 2 is 1.85 bits per heavy atom. The molecule has 2 rings (SSSR count). The molecular formula is C19H21Cl2NO4. The molecule has 5 nitrogen and oxygen atoms in total. The summed E-state index contributed by atoms with van der Waals surface area (Å²) in [6, 6.07) is 8.71. The summed E-state index contributed by atoms with van der Waals surface area (Å²) in [6.07, 6.45) is 0.516. The molecule has 0 saturated carbocycles. The van der Waals surface area contributed by atoms with Gasteiger partial charge in [-0.15, -0.1) is 0 Å². The Labute approximate surface area is 162 Å². The molecule has 0 unspecified atom stereocenters. The number of hydroxylamine groups is 1. The molecule has 2 N–H and O–H groups in total. The van der Waals surface area contributed by atoms with E-state index in [4.69, 9.17) is 27.9 Å². The number of carbonyl (C=O) groups excluding carboxylic acids is 1. The highest BCUT2D eigenvalue weighted by molar-refractivity contribution is 6.36. The number of rotatable bonds is 7. The first-order valence-electron chi connectivity index (χ1n) is 8.06. The van der Waals surface area contributed by atoms with Gasteiger partial charge in [-0.2, -0.15) is 0 Å². The molecule has 0 aliphatic heterocycles. The lowest BCUT2D eigenvalue weighted by atomic mass is 9.96. The van der Waals surface area contributed by atoms with Crippen LogP contribution in [0.5, 0.6) is 11.5 Å². The molecule has 2 aromatic carbocycles. The van der Waals surface area contributed by atoms with E-state index in [2.05, 4.69) is 10.3 Å². The minimum atomic E-state index is -0.422. The highest BCUT2D eigenvalue weighted by Crippen LogP contribution is 2.33. The van der Waals surface area contributed by atoms with E-state index in [9.17, 15) is 9.90 Å². The van der Waals surface area contributed by atoms with Crippen LogP contribution >= 0.6 is 23.2 Å². The predicted molar refractivity (Wildman–Crippen MR) is 102 cm³/mol. The summed E-state index contributed by atoms with van der Waals surface area (Å²) in [5, 5.41) is 10.8. The number of benzene rings is 2. The Balaban J connectivity index is 2.18. The molecule has 0 aliphatic carbocycles. The van der Waals surface area contributed by atoms with E-state index in [1.807, 2.05) is 26.0 Å². The number of amides is 1. The fraction of sp³-hybridized carbons (Fsp3) is 0.316. The molecule has 1 amide bonds. The van der Waals surface area contributed by atoms with Crippen LogP contribution in [-0.4, -0.2) is 24.7 Å². The van der Waals surface area contributed by atoms with Gasteiger partial charge in [0.15, 0.2) is 6.61 Å². The zero-order valence-corrected chi connectivity index (χ0v) is 16.3. The number of hydrogen-bond donors (Lipinski definition) is 2. The van der Waals surface area contributed by atoms with Gasteiger partial charge in [0, 0.05) is 16.5 Å². The topological polar surface area (TPSA) is 67.8 Å². The monoisotopic (exact) mass is 397 g/mol. The second kappa shape index (κ2) is 9.12. The molecular weight excluding hydrogens is 377 g/mol. The smallest absolute Gasteiger partial charge is 0.281 e. The average molecular weight is 398 g/mol. The van der Waals surface area contributed by atoms with Crippen LogP contribution in [-0.2, 0) is 16.1 Å². The van der Waals surface area contributed by atoms with Crippen molar-refractivity contribution in [3.05, 3.63) is 57.1 Å². The van der Waals surface area contributed by atoms with E-state index >= 15 is 0 Å². The van der Waals surface area contributed by atoms with E-state index in [-0.39, 0.29) is 18.3 Å². The third-order valence-corrected chi connectivity index (χ3v) is 4.47. The Bertz CT molecular complexity index is 770. The highest BCUT2D eigenvalue weighted by Gasteiger charge is 2.13. The normalized spacial score (nSPS) is 10.8. The van der Waals surface area contributed by atoms with Gasteiger partial charge in [-0.05, 0) is 40.8 Å². The van der Waals surface area contributed by atoms with Gasteiger partial charge < -0.3 is 9.84 Å². The van der Waals surface area contributed by atoms with Crippen molar-refractivity contribution in [1.82, 2.24) is 5.48 Å². The maximum absolute atomic E-state index is 11.4. The minimum Gasteiger partial charge on any atom is -0.508 e. The second-order valence-corrected chi connectivity index (χ2v) is 6.92. The van der Waals surface area contributed by atoms with Crippen LogP contribution in [0.2, 0.25) is 10.0 Å². The molecule has 26 heavy (non-hydrogen) atoms. The van der Waals surface area contributed by atoms with Gasteiger partial charge in [0.2, 0.25) is 0 Å². The van der Waals surface area contributed by atoms with Crippen molar-refractivity contribution in [2.75, 3.05) is 13.7 Å². The number of phenolic OH excluding ortho intramolecular Hbond substituents is 1. The van der Waals surface area contributed by atoms with Gasteiger partial charge in [-0.25, -0.2) is 5.48 Å². The van der Waals surface area contributed by atoms with Crippen LogP contribution in [0, 0.1) is 0 Å². The molecule has 2 aromatic rings. The summed E-state index contributed by atoms with van der Waals surface area (Å²) in [5.74, 6) is 0.451. The van der Waals surface area contributed by atoms with E-state index in [1.54, 1.807) is 18.2 Å². The summed E-state index contributed by atoms with van der Waals surface area (Å²) in [7, 11) is 1.34. The second-order valence-electron chi connectivity index (χ2n) is 6.11. The fourth-order valence-corrected chi connectivity index (χ4v) is 3.11. The van der Waals surface area contributed by atoms with Gasteiger partial charge >= 0.3 is 0 Å². The van der Waals surface area contributed by atoms with Gasteiger partial charge in [-0.3, -0.25) is 9.63 Å². The first-order valence-corrected chi connectivity index (χ1v) is 8.81. The van der Waals surface area contributed by atoms with Crippen LogP contribution in [0.1, 0.15) is 36.5 Å². The van der Waals surface area contributed by atoms with Gasteiger partial charge in [-0.1, -0.05) is 49.2 Å². The SMILES string of the molecule is CONC(=O)COc1cc(Cl)c(Cc2ccc(O)c(C(C)C)c2)c(Cl)c1. The number of halogens is 2. The lowest BCUT2D eigenvalue weighted by Crippen LogP contribution is -2.27. The maximum Gasteiger partial charge on any atom is 0.281 e. The third kappa shape index (κ3) is 5.27. The van der Waals surface area contributed by atoms with Crippen LogP contribution in [0.25, 0.3) is 0 Å². The number of nitrogens with one attached hydrogen (secondary N) is 1. The van der Waals surface area contributed by atoms with Crippen molar-refractivity contribution in [3.63, 3.8) is 0 Å². The zero-order chi connectivity index (χ0) is 19.3. The van der Waals surface area contributed by atoms with Gasteiger partial charge in [0.05, 0.1) is 7.11 Å². The van der Waals surface area contributed by atoms with Crippen molar-refractivity contribution < 1.29 is 19.5 Å². The number of ether oxygens (including phenoxy) is 1. The molecule has 0 aromatic heterocycles. The standard InChI is InChI=1S/C19H21Cl2NO4/c1-11(2)14-6-12(4-5-18(14)23)7-15-16(20)8-13(9-17(15)21)26-10-19(24)22-25-3/h4-6,8-9,11,23H,7,10H2,1-3H3,(H,22,24). The highest BCUT2D eigenvalue weighted by atomic mass is 35.5. The molecule has 0 spiro atoms. The minimum absolute atomic E-state index is 0.204. The first-order chi connectivity index (χ1) is 12.3. The molecule has 0 atom stereocenters. The average Bonchev–Trinajstić information content (AvgIpc) is 2.57. The van der Waals surface area contributed by atoms with Crippen molar-refractivity contribution >= 4 is 29.1 Å². The Morgan fingerprint density at radius 1 is 1.19 bits per heavy atom. The van der Waals surface area contributed by atoms with Crippen molar-refractivity contribution in [3.8, 4) is 11.5 Å². The van der Waals surface area contributed by atoms with Crippen LogP contribution < -0.4 is 10.2 Å². The molecule has 0 aliphatic rings. The third-order valence-electron chi connectivity index (χ3n) is 3.80. The summed E-state index contributed by atoms with van der Waals surface area (Å²) in [4.78, 5) is 15.9. The first kappa shape index (κ1) is 20.4. The van der Waals surface area contributed by atoms with Crippen molar-refractivity contribution in [2.24, 2.45) is 0 Å². The van der Waals surface area contributed by atoms with E-state index in [1.165, 1.54) is 7.11 Å². The predicted octanol–water partition coefficient (Wildman–Crippen LogP) is 4.47. The van der Waals surface area contributed by atoms with Gasteiger partial charge in [0.1, 0.15) is 11.5 Å². The Kier molecular flexibility index (Phi) is 7.14. The van der Waals surface area contributed by atoms with E-state index < -0.39 is 5.91 Å². The molecule has 7 heteroatoms. The van der Waals surface area contributed by atoms with Crippen molar-refractivity contribution in [1.29, 1.82) is 0 Å². The quantitative estimate of drug-likeness (QED) is 0.676. The summed E-state index contributed by atoms with van der Waals surface area (Å²) >= 11 is 12.7. The van der Waals surface area contributed by atoms with Crippen LogP contribution in [0.3, 0.4) is 0 Å². The Hall–Kier alpha value is -1.95. The number of aromatic hydroxyl groups is 1. The maximum atomic E-state index is 11.4. The van der Waals surface area contributed by atoms with E-state index in [0.717, 1.165) is 16.7 Å². The largest absolute Gasteiger partial charge is 0.508 e. The molecule has 140 valence electrons. The van der Waals surface area contributed by atoms with Crippen LogP contribution in [0.4, 0.5) is 0 Å². The lowest BCUT2D eigenvalue weighted by Gasteiger charge is -2.14. The number of carbonyl (C=O) groups is 1.